The standard InChI is InChI=1S/C10H20N2O/c1-3-9(13)12-10(4-2)5-7-11-8-6-10/h11H,3-8H2,1-2H3,(H,12,13). The molecule has 0 atom stereocenters. The molecule has 0 aliphatic carbocycles. The Hall–Kier alpha value is -0.570. The molecule has 1 amide bonds. The maximum atomic E-state index is 11.3. The third-order valence-electron chi connectivity index (χ3n) is 2.96. The molecule has 1 saturated heterocycles. The molecule has 0 aromatic heterocycles. The Morgan fingerprint density at radius 3 is 2.46 bits per heavy atom. The highest BCUT2D eigenvalue weighted by atomic mass is 16.1. The summed E-state index contributed by atoms with van der Waals surface area (Å²) in [5.41, 5.74) is 0.0817. The third kappa shape index (κ3) is 2.69. The van der Waals surface area contributed by atoms with Crippen LogP contribution in [0.15, 0.2) is 0 Å². The average molecular weight is 184 g/mol. The molecule has 0 aromatic carbocycles. The lowest BCUT2D eigenvalue weighted by Crippen LogP contribution is -2.53. The van der Waals surface area contributed by atoms with Gasteiger partial charge in [0.25, 0.3) is 0 Å². The highest BCUT2D eigenvalue weighted by Gasteiger charge is 2.30. The molecule has 0 bridgehead atoms. The van der Waals surface area contributed by atoms with Gasteiger partial charge in [-0.05, 0) is 32.4 Å². The van der Waals surface area contributed by atoms with Crippen LogP contribution in [0.5, 0.6) is 0 Å². The fourth-order valence-electron chi connectivity index (χ4n) is 1.86. The van der Waals surface area contributed by atoms with Gasteiger partial charge in [0.1, 0.15) is 0 Å². The van der Waals surface area contributed by atoms with Crippen LogP contribution in [0, 0.1) is 0 Å². The lowest BCUT2D eigenvalue weighted by molar-refractivity contribution is -0.123. The van der Waals surface area contributed by atoms with Crippen LogP contribution in [0.25, 0.3) is 0 Å². The van der Waals surface area contributed by atoms with Gasteiger partial charge in [-0.25, -0.2) is 0 Å². The summed E-state index contributed by atoms with van der Waals surface area (Å²) >= 11 is 0. The summed E-state index contributed by atoms with van der Waals surface area (Å²) in [6, 6.07) is 0. The fraction of sp³-hybridized carbons (Fsp3) is 0.900. The van der Waals surface area contributed by atoms with Crippen molar-refractivity contribution in [1.82, 2.24) is 10.6 Å². The van der Waals surface area contributed by atoms with Gasteiger partial charge < -0.3 is 10.6 Å². The van der Waals surface area contributed by atoms with Crippen LogP contribution < -0.4 is 10.6 Å². The van der Waals surface area contributed by atoms with Crippen molar-refractivity contribution in [2.75, 3.05) is 13.1 Å². The van der Waals surface area contributed by atoms with Crippen molar-refractivity contribution < 1.29 is 4.79 Å². The summed E-state index contributed by atoms with van der Waals surface area (Å²) in [4.78, 5) is 11.3. The first-order chi connectivity index (χ1) is 6.22. The van der Waals surface area contributed by atoms with Crippen LogP contribution in [0.2, 0.25) is 0 Å². The normalized spacial score (nSPS) is 21.1. The third-order valence-corrected chi connectivity index (χ3v) is 2.96. The SMILES string of the molecule is CCC(=O)NC1(CC)CCNCC1. The second kappa shape index (κ2) is 4.61. The molecule has 1 aliphatic rings. The number of hydrogen-bond donors (Lipinski definition) is 2. The molecule has 1 fully saturated rings. The topological polar surface area (TPSA) is 41.1 Å². The van der Waals surface area contributed by atoms with E-state index in [0.29, 0.717) is 6.42 Å². The van der Waals surface area contributed by atoms with Crippen molar-refractivity contribution in [3.8, 4) is 0 Å². The molecular formula is C10H20N2O. The molecule has 13 heavy (non-hydrogen) atoms. The van der Waals surface area contributed by atoms with Gasteiger partial charge in [-0.15, -0.1) is 0 Å². The number of carbonyl (C=O) groups excluding carboxylic acids is 1. The fourth-order valence-corrected chi connectivity index (χ4v) is 1.86. The first kappa shape index (κ1) is 10.5. The van der Waals surface area contributed by atoms with Crippen LogP contribution in [0.4, 0.5) is 0 Å². The van der Waals surface area contributed by atoms with Gasteiger partial charge >= 0.3 is 0 Å². The summed E-state index contributed by atoms with van der Waals surface area (Å²) in [7, 11) is 0. The molecular weight excluding hydrogens is 164 g/mol. The molecule has 3 heteroatoms. The van der Waals surface area contributed by atoms with Crippen LogP contribution in [-0.4, -0.2) is 24.5 Å². The minimum absolute atomic E-state index is 0.0817. The van der Waals surface area contributed by atoms with E-state index >= 15 is 0 Å². The van der Waals surface area contributed by atoms with Gasteiger partial charge in [-0.1, -0.05) is 13.8 Å². The van der Waals surface area contributed by atoms with Crippen molar-refractivity contribution >= 4 is 5.91 Å². The van der Waals surface area contributed by atoms with E-state index in [1.807, 2.05) is 6.92 Å². The Kier molecular flexibility index (Phi) is 3.72. The Morgan fingerprint density at radius 2 is 2.00 bits per heavy atom. The number of piperidine rings is 1. The van der Waals surface area contributed by atoms with E-state index in [4.69, 9.17) is 0 Å². The van der Waals surface area contributed by atoms with Crippen molar-refractivity contribution in [3.05, 3.63) is 0 Å². The van der Waals surface area contributed by atoms with Crippen LogP contribution in [0.3, 0.4) is 0 Å². The number of carbonyl (C=O) groups is 1. The number of hydrogen-bond acceptors (Lipinski definition) is 2. The highest BCUT2D eigenvalue weighted by molar-refractivity contribution is 5.76. The minimum Gasteiger partial charge on any atom is -0.351 e. The van der Waals surface area contributed by atoms with Gasteiger partial charge in [-0.2, -0.15) is 0 Å². The Labute approximate surface area is 80.3 Å². The predicted octanol–water partition coefficient (Wildman–Crippen LogP) is 1.04. The lowest BCUT2D eigenvalue weighted by atomic mass is 9.85. The van der Waals surface area contributed by atoms with Gasteiger partial charge in [-0.3, -0.25) is 4.79 Å². The Bertz CT molecular complexity index is 174. The van der Waals surface area contributed by atoms with Crippen molar-refractivity contribution in [1.29, 1.82) is 0 Å². The first-order valence-corrected chi connectivity index (χ1v) is 5.24. The highest BCUT2D eigenvalue weighted by Crippen LogP contribution is 2.21. The largest absolute Gasteiger partial charge is 0.351 e. The van der Waals surface area contributed by atoms with Crippen molar-refractivity contribution in [2.24, 2.45) is 0 Å². The maximum Gasteiger partial charge on any atom is 0.220 e. The van der Waals surface area contributed by atoms with Gasteiger partial charge in [0.05, 0.1) is 0 Å². The number of nitrogens with one attached hydrogen (secondary N) is 2. The molecule has 0 aromatic rings. The summed E-state index contributed by atoms with van der Waals surface area (Å²) in [6.07, 6.45) is 3.76. The summed E-state index contributed by atoms with van der Waals surface area (Å²) < 4.78 is 0. The predicted molar refractivity (Wildman–Crippen MR) is 53.6 cm³/mol. The summed E-state index contributed by atoms with van der Waals surface area (Å²) in [6.45, 7) is 6.11. The first-order valence-electron chi connectivity index (χ1n) is 5.24. The van der Waals surface area contributed by atoms with Gasteiger partial charge in [0.15, 0.2) is 0 Å². The lowest BCUT2D eigenvalue weighted by Gasteiger charge is -2.37. The molecule has 1 aliphatic heterocycles. The second-order valence-electron chi connectivity index (χ2n) is 3.79. The molecule has 0 spiro atoms. The zero-order valence-electron chi connectivity index (χ0n) is 8.65. The summed E-state index contributed by atoms with van der Waals surface area (Å²) in [5, 5.41) is 6.47. The van der Waals surface area contributed by atoms with Crippen LogP contribution in [-0.2, 0) is 4.79 Å². The zero-order valence-corrected chi connectivity index (χ0v) is 8.65. The van der Waals surface area contributed by atoms with Crippen LogP contribution >= 0.6 is 0 Å². The average Bonchev–Trinajstić information content (AvgIpc) is 2.19. The van der Waals surface area contributed by atoms with Gasteiger partial charge in [0, 0.05) is 12.0 Å². The zero-order chi connectivity index (χ0) is 9.73. The number of amides is 1. The number of rotatable bonds is 3. The Morgan fingerprint density at radius 1 is 1.38 bits per heavy atom. The molecule has 3 nitrogen and oxygen atoms in total. The maximum absolute atomic E-state index is 11.3. The van der Waals surface area contributed by atoms with E-state index in [9.17, 15) is 4.79 Å². The van der Waals surface area contributed by atoms with E-state index in [2.05, 4.69) is 17.6 Å². The van der Waals surface area contributed by atoms with E-state index in [-0.39, 0.29) is 11.4 Å². The second-order valence-corrected chi connectivity index (χ2v) is 3.79. The molecule has 1 heterocycles. The monoisotopic (exact) mass is 184 g/mol. The van der Waals surface area contributed by atoms with Crippen molar-refractivity contribution in [3.63, 3.8) is 0 Å². The summed E-state index contributed by atoms with van der Waals surface area (Å²) in [5.74, 6) is 0.184. The van der Waals surface area contributed by atoms with Crippen molar-refractivity contribution in [2.45, 2.75) is 45.1 Å². The molecule has 0 unspecified atom stereocenters. The van der Waals surface area contributed by atoms with E-state index in [1.165, 1.54) is 0 Å². The van der Waals surface area contributed by atoms with Gasteiger partial charge in [0.2, 0.25) is 5.91 Å². The molecule has 1 rings (SSSR count). The van der Waals surface area contributed by atoms with E-state index in [1.54, 1.807) is 0 Å². The minimum atomic E-state index is 0.0817. The molecule has 0 radical (unpaired) electrons. The smallest absolute Gasteiger partial charge is 0.220 e. The molecule has 2 N–H and O–H groups in total. The van der Waals surface area contributed by atoms with E-state index < -0.39 is 0 Å². The Balaban J connectivity index is 2.52. The van der Waals surface area contributed by atoms with E-state index in [0.717, 1.165) is 32.4 Å². The quantitative estimate of drug-likeness (QED) is 0.688. The molecule has 0 saturated carbocycles. The molecule has 76 valence electrons. The van der Waals surface area contributed by atoms with Crippen LogP contribution in [0.1, 0.15) is 39.5 Å².